The Bertz CT molecular complexity index is 1360. The second-order valence-electron chi connectivity index (χ2n) is 6.50. The predicted octanol–water partition coefficient (Wildman–Crippen LogP) is 2.75. The molecule has 0 unspecified atom stereocenters. The summed E-state index contributed by atoms with van der Waals surface area (Å²) in [5, 5.41) is 13.9. The summed E-state index contributed by atoms with van der Waals surface area (Å²) in [7, 11) is -3.48. The maximum Gasteiger partial charge on any atom is 0.266 e. The molecule has 0 saturated heterocycles. The maximum absolute atomic E-state index is 12.2. The summed E-state index contributed by atoms with van der Waals surface area (Å²) in [6.45, 7) is 0.0444. The Morgan fingerprint density at radius 1 is 1.14 bits per heavy atom. The molecule has 7 nitrogen and oxygen atoms in total. The van der Waals surface area contributed by atoms with E-state index in [-0.39, 0.29) is 17.9 Å². The highest BCUT2D eigenvalue weighted by Crippen LogP contribution is 2.39. The Hall–Kier alpha value is -2.72. The smallest absolute Gasteiger partial charge is 0.266 e. The van der Waals surface area contributed by atoms with Crippen LogP contribution in [-0.4, -0.2) is 29.2 Å². The third-order valence-electron chi connectivity index (χ3n) is 4.58. The van der Waals surface area contributed by atoms with Gasteiger partial charge in [-0.1, -0.05) is 24.3 Å². The molecule has 4 rings (SSSR count). The van der Waals surface area contributed by atoms with Crippen LogP contribution in [0, 0.1) is 0 Å². The van der Waals surface area contributed by atoms with Crippen LogP contribution in [0.3, 0.4) is 0 Å². The van der Waals surface area contributed by atoms with Gasteiger partial charge in [0.2, 0.25) is 10.0 Å². The molecule has 0 aliphatic rings. The van der Waals surface area contributed by atoms with Crippen LogP contribution in [-0.2, 0) is 16.6 Å². The van der Waals surface area contributed by atoms with Gasteiger partial charge >= 0.3 is 0 Å². The van der Waals surface area contributed by atoms with E-state index in [1.54, 1.807) is 36.4 Å². The number of phenolic OH excluding ortho intramolecular Hbond substituents is 1. The number of fused-ring (bicyclic) bond motifs is 3. The summed E-state index contributed by atoms with van der Waals surface area (Å²) in [5.41, 5.74) is 2.54. The molecule has 2 heterocycles. The van der Waals surface area contributed by atoms with E-state index in [0.717, 1.165) is 27.0 Å². The number of phenols is 1. The number of benzene rings is 2. The molecular formula is C19H17N3O4S2. The van der Waals surface area contributed by atoms with Crippen LogP contribution in [0.5, 0.6) is 5.75 Å². The van der Waals surface area contributed by atoms with Gasteiger partial charge in [-0.05, 0) is 34.7 Å². The predicted molar refractivity (Wildman–Crippen MR) is 112 cm³/mol. The Morgan fingerprint density at radius 2 is 1.86 bits per heavy atom. The second kappa shape index (κ2) is 6.71. The molecule has 0 fully saturated rings. The third kappa shape index (κ3) is 3.18. The van der Waals surface area contributed by atoms with Gasteiger partial charge in [0.05, 0.1) is 12.8 Å². The zero-order valence-electron chi connectivity index (χ0n) is 14.8. The van der Waals surface area contributed by atoms with Crippen molar-refractivity contribution in [1.29, 1.82) is 0 Å². The van der Waals surface area contributed by atoms with Gasteiger partial charge in [-0.2, -0.15) is 0 Å². The Morgan fingerprint density at radius 3 is 2.54 bits per heavy atom. The first-order valence-corrected chi connectivity index (χ1v) is 11.1. The average molecular weight is 415 g/mol. The van der Waals surface area contributed by atoms with Crippen LogP contribution in [0.25, 0.3) is 32.1 Å². The van der Waals surface area contributed by atoms with Gasteiger partial charge in [0, 0.05) is 21.9 Å². The fourth-order valence-electron chi connectivity index (χ4n) is 3.20. The van der Waals surface area contributed by atoms with Crippen LogP contribution in [0.1, 0.15) is 5.56 Å². The van der Waals surface area contributed by atoms with Crippen LogP contribution in [0.2, 0.25) is 0 Å². The number of H-pyrrole nitrogens is 1. The van der Waals surface area contributed by atoms with Gasteiger partial charge in [0.1, 0.15) is 10.4 Å². The SMILES string of the molecule is CS(=O)(=O)N(N)Cc1ccc(-c2c(O)ccc3[nH]c(=O)c4sccc4c23)cc1. The van der Waals surface area contributed by atoms with Crippen molar-refractivity contribution in [2.75, 3.05) is 6.26 Å². The molecule has 0 bridgehead atoms. The van der Waals surface area contributed by atoms with E-state index < -0.39 is 10.0 Å². The fourth-order valence-corrected chi connectivity index (χ4v) is 4.38. The van der Waals surface area contributed by atoms with Crippen molar-refractivity contribution >= 4 is 42.3 Å². The van der Waals surface area contributed by atoms with Crippen molar-refractivity contribution in [1.82, 2.24) is 9.40 Å². The maximum atomic E-state index is 12.2. The van der Waals surface area contributed by atoms with Gasteiger partial charge in [0.15, 0.2) is 0 Å². The van der Waals surface area contributed by atoms with Crippen molar-refractivity contribution < 1.29 is 13.5 Å². The number of pyridine rings is 1. The number of hydrogen-bond acceptors (Lipinski definition) is 6. The Balaban J connectivity index is 1.86. The monoisotopic (exact) mass is 415 g/mol. The summed E-state index contributed by atoms with van der Waals surface area (Å²) >= 11 is 1.35. The molecule has 144 valence electrons. The second-order valence-corrected chi connectivity index (χ2v) is 9.36. The molecule has 4 N–H and O–H groups in total. The van der Waals surface area contributed by atoms with Gasteiger partial charge in [-0.25, -0.2) is 8.42 Å². The number of hydrogen-bond donors (Lipinski definition) is 3. The number of nitrogens with zero attached hydrogens (tertiary/aromatic N) is 1. The summed E-state index contributed by atoms with van der Waals surface area (Å²) in [6.07, 6.45) is 1.04. The van der Waals surface area contributed by atoms with E-state index in [2.05, 4.69) is 4.98 Å². The first-order chi connectivity index (χ1) is 13.3. The fraction of sp³-hybridized carbons (Fsp3) is 0.105. The van der Waals surface area contributed by atoms with Crippen molar-refractivity contribution in [2.24, 2.45) is 5.84 Å². The van der Waals surface area contributed by atoms with E-state index >= 15 is 0 Å². The lowest BCUT2D eigenvalue weighted by molar-refractivity contribution is 0.426. The quantitative estimate of drug-likeness (QED) is 0.350. The highest BCUT2D eigenvalue weighted by Gasteiger charge is 2.16. The number of sulfonamides is 1. The van der Waals surface area contributed by atoms with Crippen LogP contribution < -0.4 is 11.4 Å². The lowest BCUT2D eigenvalue weighted by atomic mass is 9.96. The standard InChI is InChI=1S/C19H17N3O4S2/c1-28(25,26)22(20)10-11-2-4-12(5-3-11)16-15(23)7-6-14-17(16)13-8-9-27-18(13)19(24)21-14/h2-9,23H,10,20H2,1H3,(H,21,24). The first-order valence-electron chi connectivity index (χ1n) is 8.32. The van der Waals surface area contributed by atoms with Crippen LogP contribution >= 0.6 is 11.3 Å². The molecular weight excluding hydrogens is 398 g/mol. The molecule has 0 spiro atoms. The normalized spacial score (nSPS) is 12.2. The number of aromatic hydroxyl groups is 1. The molecule has 0 aliphatic carbocycles. The summed E-state index contributed by atoms with van der Waals surface area (Å²) in [5.74, 6) is 5.66. The minimum absolute atomic E-state index is 0.0444. The lowest BCUT2D eigenvalue weighted by Crippen LogP contribution is -2.35. The number of nitrogens with one attached hydrogen (secondary N) is 1. The van der Waals surface area contributed by atoms with Crippen LogP contribution in [0.15, 0.2) is 52.6 Å². The molecule has 0 radical (unpaired) electrons. The molecule has 28 heavy (non-hydrogen) atoms. The van der Waals surface area contributed by atoms with E-state index in [4.69, 9.17) is 5.84 Å². The van der Waals surface area contributed by atoms with Crippen molar-refractivity contribution in [3.05, 3.63) is 63.8 Å². The van der Waals surface area contributed by atoms with Crippen LogP contribution in [0.4, 0.5) is 0 Å². The summed E-state index contributed by atoms with van der Waals surface area (Å²) < 4.78 is 24.3. The topological polar surface area (TPSA) is 116 Å². The van der Waals surface area contributed by atoms with Crippen molar-refractivity contribution in [3.8, 4) is 16.9 Å². The number of aromatic amines is 1. The van der Waals surface area contributed by atoms with Gasteiger partial charge in [0.25, 0.3) is 5.56 Å². The minimum atomic E-state index is -3.48. The van der Waals surface area contributed by atoms with E-state index in [1.807, 2.05) is 11.4 Å². The lowest BCUT2D eigenvalue weighted by Gasteiger charge is -2.14. The van der Waals surface area contributed by atoms with Crippen molar-refractivity contribution in [2.45, 2.75) is 6.54 Å². The van der Waals surface area contributed by atoms with E-state index in [9.17, 15) is 18.3 Å². The van der Waals surface area contributed by atoms with E-state index in [0.29, 0.717) is 21.3 Å². The summed E-state index contributed by atoms with van der Waals surface area (Å²) in [4.78, 5) is 15.1. The number of thiophene rings is 1. The summed E-state index contributed by atoms with van der Waals surface area (Å²) in [6, 6.07) is 12.2. The third-order valence-corrected chi connectivity index (χ3v) is 6.47. The molecule has 0 amide bonds. The van der Waals surface area contributed by atoms with E-state index in [1.165, 1.54) is 11.3 Å². The Labute approximate surface area is 164 Å². The minimum Gasteiger partial charge on any atom is -0.507 e. The first kappa shape index (κ1) is 18.6. The highest BCUT2D eigenvalue weighted by atomic mass is 32.2. The highest BCUT2D eigenvalue weighted by molar-refractivity contribution is 7.88. The number of nitrogens with two attached hydrogens (primary N) is 1. The molecule has 0 aliphatic heterocycles. The molecule has 2 aromatic heterocycles. The van der Waals surface area contributed by atoms with Crippen molar-refractivity contribution in [3.63, 3.8) is 0 Å². The van der Waals surface area contributed by atoms with Gasteiger partial charge in [-0.3, -0.25) is 10.6 Å². The number of aromatic nitrogens is 1. The largest absolute Gasteiger partial charge is 0.507 e. The van der Waals surface area contributed by atoms with Gasteiger partial charge in [-0.15, -0.1) is 15.8 Å². The molecule has 0 saturated carbocycles. The zero-order chi connectivity index (χ0) is 20.1. The molecule has 4 aromatic rings. The molecule has 9 heteroatoms. The Kier molecular flexibility index (Phi) is 4.47. The molecule has 2 aromatic carbocycles. The zero-order valence-corrected chi connectivity index (χ0v) is 16.5. The molecule has 0 atom stereocenters. The number of rotatable bonds is 4. The number of hydrazine groups is 1. The average Bonchev–Trinajstić information content (AvgIpc) is 3.13. The van der Waals surface area contributed by atoms with Gasteiger partial charge < -0.3 is 10.1 Å².